The van der Waals surface area contributed by atoms with E-state index in [0.29, 0.717) is 6.54 Å². The van der Waals surface area contributed by atoms with Crippen molar-refractivity contribution in [3.05, 3.63) is 46.1 Å². The molecule has 0 aliphatic rings. The summed E-state index contributed by atoms with van der Waals surface area (Å²) < 4.78 is 0. The lowest BCUT2D eigenvalue weighted by Gasteiger charge is -1.96. The van der Waals surface area contributed by atoms with Crippen LogP contribution in [-0.4, -0.2) is 16.6 Å². The van der Waals surface area contributed by atoms with E-state index in [1.54, 1.807) is 30.5 Å². The number of rotatable bonds is 4. The van der Waals surface area contributed by atoms with Gasteiger partial charge >= 0.3 is 0 Å². The first-order valence-electron chi connectivity index (χ1n) is 4.10. The van der Waals surface area contributed by atoms with Gasteiger partial charge in [-0.3, -0.25) is 4.98 Å². The van der Waals surface area contributed by atoms with Crippen molar-refractivity contribution in [3.63, 3.8) is 0 Å². The maximum atomic E-state index is 8.85. The molecule has 14 heavy (non-hydrogen) atoms. The van der Waals surface area contributed by atoms with E-state index in [0.717, 1.165) is 11.3 Å². The predicted octanol–water partition coefficient (Wildman–Crippen LogP) is 1.90. The summed E-state index contributed by atoms with van der Waals surface area (Å²) in [6, 6.07) is 3.51. The fourth-order valence-electron chi connectivity index (χ4n) is 0.941. The molecule has 0 aromatic carbocycles. The van der Waals surface area contributed by atoms with Crippen LogP contribution in [0.5, 0.6) is 0 Å². The van der Waals surface area contributed by atoms with Crippen molar-refractivity contribution in [3.8, 4) is 0 Å². The summed E-state index contributed by atoms with van der Waals surface area (Å²) in [5.74, 6) is 0. The molecular weight excluding hydrogens is 180 g/mol. The van der Waals surface area contributed by atoms with Gasteiger partial charge in [0.1, 0.15) is 0 Å². The maximum Gasteiger partial charge on any atom is 0.0683 e. The van der Waals surface area contributed by atoms with Crippen LogP contribution in [0.15, 0.2) is 29.5 Å². The fourth-order valence-corrected chi connectivity index (χ4v) is 0.941. The summed E-state index contributed by atoms with van der Waals surface area (Å²) in [5, 5.41) is 12.2. The summed E-state index contributed by atoms with van der Waals surface area (Å²) in [5.41, 5.74) is 9.57. The number of aliphatic hydroxyl groups excluding tert-OH is 1. The summed E-state index contributed by atoms with van der Waals surface area (Å²) in [7, 11) is 0. The predicted molar refractivity (Wildman–Crippen MR) is 53.2 cm³/mol. The molecule has 0 spiro atoms. The molecule has 5 nitrogen and oxygen atoms in total. The summed E-state index contributed by atoms with van der Waals surface area (Å²) in [6.07, 6.45) is 5.08. The normalized spacial score (nSPS) is 10.1. The molecule has 72 valence electrons. The van der Waals surface area contributed by atoms with Gasteiger partial charge in [0.25, 0.3) is 0 Å². The lowest BCUT2D eigenvalue weighted by molar-refractivity contribution is 0.281. The third-order valence-electron chi connectivity index (χ3n) is 1.57. The van der Waals surface area contributed by atoms with Crippen LogP contribution in [0, 0.1) is 0 Å². The molecule has 1 aromatic rings. The van der Waals surface area contributed by atoms with Crippen LogP contribution in [0.2, 0.25) is 0 Å². The molecule has 0 atom stereocenters. The van der Waals surface area contributed by atoms with E-state index in [-0.39, 0.29) is 6.61 Å². The standard InChI is InChI=1S/C9H10N4O/c10-13-12-4-1-2-9-6-8(7-14)3-5-11-9/h1-3,5-6,14H,4,7H2. The molecule has 5 heteroatoms. The molecule has 0 aliphatic heterocycles. The molecule has 0 saturated heterocycles. The molecular formula is C9H10N4O. The van der Waals surface area contributed by atoms with E-state index in [1.807, 2.05) is 0 Å². The van der Waals surface area contributed by atoms with E-state index >= 15 is 0 Å². The van der Waals surface area contributed by atoms with Crippen LogP contribution in [0.4, 0.5) is 0 Å². The highest BCUT2D eigenvalue weighted by atomic mass is 16.3. The lowest BCUT2D eigenvalue weighted by Crippen LogP contribution is -1.86. The van der Waals surface area contributed by atoms with Crippen molar-refractivity contribution in [1.82, 2.24) is 4.98 Å². The second-order valence-electron chi connectivity index (χ2n) is 2.56. The van der Waals surface area contributed by atoms with Crippen LogP contribution < -0.4 is 0 Å². The highest BCUT2D eigenvalue weighted by molar-refractivity contribution is 5.45. The Hall–Kier alpha value is -1.84. The van der Waals surface area contributed by atoms with Gasteiger partial charge in [0, 0.05) is 17.7 Å². The number of aromatic nitrogens is 1. The van der Waals surface area contributed by atoms with Crippen LogP contribution in [0.1, 0.15) is 11.3 Å². The van der Waals surface area contributed by atoms with Gasteiger partial charge in [0.2, 0.25) is 0 Å². The Morgan fingerprint density at radius 3 is 3.21 bits per heavy atom. The Bertz CT molecular complexity index is 369. The Morgan fingerprint density at radius 2 is 2.50 bits per heavy atom. The Kier molecular flexibility index (Phi) is 4.20. The van der Waals surface area contributed by atoms with Gasteiger partial charge in [0.05, 0.1) is 12.3 Å². The van der Waals surface area contributed by atoms with Gasteiger partial charge < -0.3 is 5.11 Å². The number of aliphatic hydroxyl groups is 1. The van der Waals surface area contributed by atoms with Crippen molar-refractivity contribution < 1.29 is 5.11 Å². The van der Waals surface area contributed by atoms with Crippen molar-refractivity contribution in [2.75, 3.05) is 6.54 Å². The molecule has 0 fully saturated rings. The van der Waals surface area contributed by atoms with Crippen molar-refractivity contribution in [2.45, 2.75) is 6.61 Å². The summed E-state index contributed by atoms with van der Waals surface area (Å²) in [6.45, 7) is 0.307. The molecule has 1 heterocycles. The molecule has 1 rings (SSSR count). The van der Waals surface area contributed by atoms with Gasteiger partial charge in [-0.1, -0.05) is 11.2 Å². The SMILES string of the molecule is [N-]=[N+]=NCC=Cc1cc(CO)ccn1. The highest BCUT2D eigenvalue weighted by Crippen LogP contribution is 2.03. The zero-order chi connectivity index (χ0) is 10.2. The number of hydrogen-bond acceptors (Lipinski definition) is 3. The molecule has 0 aliphatic carbocycles. The van der Waals surface area contributed by atoms with Crippen LogP contribution >= 0.6 is 0 Å². The average Bonchev–Trinajstić information content (AvgIpc) is 2.25. The van der Waals surface area contributed by atoms with E-state index in [1.165, 1.54) is 0 Å². The van der Waals surface area contributed by atoms with Crippen LogP contribution in [0.25, 0.3) is 16.5 Å². The third-order valence-corrected chi connectivity index (χ3v) is 1.57. The Labute approximate surface area is 81.3 Å². The van der Waals surface area contributed by atoms with Gasteiger partial charge in [0.15, 0.2) is 0 Å². The van der Waals surface area contributed by atoms with Crippen molar-refractivity contribution in [2.24, 2.45) is 5.11 Å². The molecule has 0 radical (unpaired) electrons. The largest absolute Gasteiger partial charge is 0.392 e. The minimum absolute atomic E-state index is 0.000289. The zero-order valence-corrected chi connectivity index (χ0v) is 7.54. The minimum Gasteiger partial charge on any atom is -0.392 e. The number of hydrogen-bond donors (Lipinski definition) is 1. The smallest absolute Gasteiger partial charge is 0.0683 e. The third kappa shape index (κ3) is 3.26. The minimum atomic E-state index is -0.000289. The Morgan fingerprint density at radius 1 is 1.64 bits per heavy atom. The Balaban J connectivity index is 2.66. The molecule has 0 saturated carbocycles. The number of nitrogens with zero attached hydrogens (tertiary/aromatic N) is 4. The fraction of sp³-hybridized carbons (Fsp3) is 0.222. The first kappa shape index (κ1) is 10.2. The van der Waals surface area contributed by atoms with E-state index in [2.05, 4.69) is 15.0 Å². The van der Waals surface area contributed by atoms with Gasteiger partial charge in [-0.05, 0) is 29.3 Å². The second-order valence-corrected chi connectivity index (χ2v) is 2.56. The molecule has 0 unspecified atom stereocenters. The lowest BCUT2D eigenvalue weighted by atomic mass is 10.2. The van der Waals surface area contributed by atoms with Crippen LogP contribution in [-0.2, 0) is 6.61 Å². The van der Waals surface area contributed by atoms with E-state index < -0.39 is 0 Å². The van der Waals surface area contributed by atoms with E-state index in [4.69, 9.17) is 10.6 Å². The molecule has 0 amide bonds. The molecule has 1 aromatic heterocycles. The molecule has 0 bridgehead atoms. The molecule has 1 N–H and O–H groups in total. The maximum absolute atomic E-state index is 8.85. The van der Waals surface area contributed by atoms with Crippen LogP contribution in [0.3, 0.4) is 0 Å². The number of pyridine rings is 1. The first-order valence-corrected chi connectivity index (χ1v) is 4.10. The topological polar surface area (TPSA) is 81.9 Å². The zero-order valence-electron chi connectivity index (χ0n) is 7.54. The van der Waals surface area contributed by atoms with Crippen molar-refractivity contribution >= 4 is 6.08 Å². The quantitative estimate of drug-likeness (QED) is 0.446. The van der Waals surface area contributed by atoms with Gasteiger partial charge in [-0.2, -0.15) is 0 Å². The summed E-state index contributed by atoms with van der Waals surface area (Å²) >= 11 is 0. The second kappa shape index (κ2) is 5.75. The number of azide groups is 1. The highest BCUT2D eigenvalue weighted by Gasteiger charge is 1.91. The monoisotopic (exact) mass is 190 g/mol. The summed E-state index contributed by atoms with van der Waals surface area (Å²) in [4.78, 5) is 6.67. The van der Waals surface area contributed by atoms with Gasteiger partial charge in [-0.25, -0.2) is 0 Å². The van der Waals surface area contributed by atoms with Gasteiger partial charge in [-0.15, -0.1) is 0 Å². The first-order chi connectivity index (χ1) is 6.86. The van der Waals surface area contributed by atoms with E-state index in [9.17, 15) is 0 Å². The van der Waals surface area contributed by atoms with Crippen molar-refractivity contribution in [1.29, 1.82) is 0 Å². The average molecular weight is 190 g/mol.